The van der Waals surface area contributed by atoms with Crippen LogP contribution in [0.3, 0.4) is 0 Å². The van der Waals surface area contributed by atoms with Crippen molar-refractivity contribution in [3.8, 4) is 0 Å². The number of fused-ring (bicyclic) bond motifs is 1. The first-order valence-corrected chi connectivity index (χ1v) is 6.00. The number of likely N-dealkylation sites (N-methyl/N-ethyl adjacent to an activating group) is 1. The molecule has 0 spiro atoms. The van der Waals surface area contributed by atoms with Gasteiger partial charge >= 0.3 is 0 Å². The third-order valence-corrected chi connectivity index (χ3v) is 3.08. The number of aromatic nitrogens is 1. The molecule has 0 amide bonds. The van der Waals surface area contributed by atoms with Crippen molar-refractivity contribution < 1.29 is 4.74 Å². The molecular formula is C14H18N2O2. The second-order valence-electron chi connectivity index (χ2n) is 4.30. The average molecular weight is 246 g/mol. The molecule has 0 bridgehead atoms. The standard InChI is InChI=1S/C14H18N2O2/c1-15-12(10-18-2)9-16-8-7-11-5-3-4-6-13(11)14(16)17/h3-8,12,15H,9-10H2,1-2H3. The van der Waals surface area contributed by atoms with Crippen LogP contribution in [0.25, 0.3) is 10.8 Å². The molecule has 0 aliphatic heterocycles. The van der Waals surface area contributed by atoms with Gasteiger partial charge in [-0.15, -0.1) is 0 Å². The summed E-state index contributed by atoms with van der Waals surface area (Å²) in [5.74, 6) is 0. The fraction of sp³-hybridized carbons (Fsp3) is 0.357. The minimum atomic E-state index is 0.0458. The van der Waals surface area contributed by atoms with Crippen LogP contribution in [0.4, 0.5) is 0 Å². The van der Waals surface area contributed by atoms with E-state index in [9.17, 15) is 4.79 Å². The highest BCUT2D eigenvalue weighted by Crippen LogP contribution is 2.08. The molecule has 1 unspecified atom stereocenters. The number of pyridine rings is 1. The lowest BCUT2D eigenvalue weighted by Gasteiger charge is -2.16. The molecule has 0 radical (unpaired) electrons. The van der Waals surface area contributed by atoms with Gasteiger partial charge in [0.05, 0.1) is 6.61 Å². The van der Waals surface area contributed by atoms with E-state index in [4.69, 9.17) is 4.74 Å². The van der Waals surface area contributed by atoms with Gasteiger partial charge in [0.15, 0.2) is 0 Å². The monoisotopic (exact) mass is 246 g/mol. The molecule has 1 aromatic carbocycles. The molecule has 4 nitrogen and oxygen atoms in total. The summed E-state index contributed by atoms with van der Waals surface area (Å²) in [6, 6.07) is 9.74. The molecular weight excluding hydrogens is 228 g/mol. The molecule has 1 aromatic heterocycles. The molecule has 2 aromatic rings. The molecule has 1 heterocycles. The Labute approximate surface area is 106 Å². The van der Waals surface area contributed by atoms with Crippen LogP contribution in [0.15, 0.2) is 41.3 Å². The summed E-state index contributed by atoms with van der Waals surface area (Å²) in [7, 11) is 3.53. The Morgan fingerprint density at radius 2 is 2.11 bits per heavy atom. The number of nitrogens with zero attached hydrogens (tertiary/aromatic N) is 1. The van der Waals surface area contributed by atoms with Gasteiger partial charge in [-0.3, -0.25) is 4.79 Å². The summed E-state index contributed by atoms with van der Waals surface area (Å²) >= 11 is 0. The van der Waals surface area contributed by atoms with Crippen molar-refractivity contribution in [2.75, 3.05) is 20.8 Å². The van der Waals surface area contributed by atoms with Gasteiger partial charge in [0.1, 0.15) is 0 Å². The molecule has 0 aliphatic rings. The van der Waals surface area contributed by atoms with Crippen molar-refractivity contribution in [1.29, 1.82) is 0 Å². The van der Waals surface area contributed by atoms with Gasteiger partial charge in [-0.1, -0.05) is 18.2 Å². The van der Waals surface area contributed by atoms with Gasteiger partial charge in [0, 0.05) is 31.3 Å². The lowest BCUT2D eigenvalue weighted by Crippen LogP contribution is -2.37. The number of benzene rings is 1. The Kier molecular flexibility index (Phi) is 4.12. The lowest BCUT2D eigenvalue weighted by atomic mass is 10.2. The summed E-state index contributed by atoms with van der Waals surface area (Å²) in [5.41, 5.74) is 0.0458. The molecule has 4 heteroatoms. The van der Waals surface area contributed by atoms with Crippen molar-refractivity contribution >= 4 is 10.8 Å². The Hall–Kier alpha value is -1.65. The molecule has 0 fully saturated rings. The lowest BCUT2D eigenvalue weighted by molar-refractivity contribution is 0.162. The Morgan fingerprint density at radius 3 is 2.83 bits per heavy atom. The highest BCUT2D eigenvalue weighted by Gasteiger charge is 2.08. The summed E-state index contributed by atoms with van der Waals surface area (Å²) in [4.78, 5) is 12.3. The number of hydrogen-bond donors (Lipinski definition) is 1. The van der Waals surface area contributed by atoms with Crippen LogP contribution in [-0.4, -0.2) is 31.4 Å². The first-order valence-electron chi connectivity index (χ1n) is 6.00. The number of ether oxygens (including phenoxy) is 1. The van der Waals surface area contributed by atoms with Crippen LogP contribution in [0.1, 0.15) is 0 Å². The Morgan fingerprint density at radius 1 is 1.33 bits per heavy atom. The third-order valence-electron chi connectivity index (χ3n) is 3.08. The van der Waals surface area contributed by atoms with E-state index in [0.717, 1.165) is 10.8 Å². The maximum atomic E-state index is 12.3. The predicted molar refractivity (Wildman–Crippen MR) is 72.9 cm³/mol. The molecule has 1 atom stereocenters. The SMILES string of the molecule is CNC(COC)Cn1ccc2ccccc2c1=O. The van der Waals surface area contributed by atoms with Gasteiger partial charge in [0.2, 0.25) is 0 Å². The van der Waals surface area contributed by atoms with Crippen LogP contribution in [0, 0.1) is 0 Å². The first-order chi connectivity index (χ1) is 8.76. The molecule has 96 valence electrons. The van der Waals surface area contributed by atoms with Crippen LogP contribution < -0.4 is 10.9 Å². The number of rotatable bonds is 5. The fourth-order valence-electron chi connectivity index (χ4n) is 2.04. The van der Waals surface area contributed by atoms with Crippen LogP contribution >= 0.6 is 0 Å². The van der Waals surface area contributed by atoms with Crippen molar-refractivity contribution in [2.45, 2.75) is 12.6 Å². The second-order valence-corrected chi connectivity index (χ2v) is 4.30. The van der Waals surface area contributed by atoms with E-state index in [1.165, 1.54) is 0 Å². The summed E-state index contributed by atoms with van der Waals surface area (Å²) in [6.07, 6.45) is 1.84. The van der Waals surface area contributed by atoms with Crippen molar-refractivity contribution in [2.24, 2.45) is 0 Å². The van der Waals surface area contributed by atoms with E-state index in [1.54, 1.807) is 11.7 Å². The highest BCUT2D eigenvalue weighted by molar-refractivity contribution is 5.81. The molecule has 18 heavy (non-hydrogen) atoms. The second kappa shape index (κ2) is 5.80. The molecule has 0 saturated carbocycles. The van der Waals surface area contributed by atoms with E-state index in [-0.39, 0.29) is 11.6 Å². The summed E-state index contributed by atoms with van der Waals surface area (Å²) < 4.78 is 6.84. The largest absolute Gasteiger partial charge is 0.383 e. The van der Waals surface area contributed by atoms with Crippen LogP contribution in [0.5, 0.6) is 0 Å². The average Bonchev–Trinajstić information content (AvgIpc) is 2.41. The highest BCUT2D eigenvalue weighted by atomic mass is 16.5. The molecule has 0 aliphatic carbocycles. The third kappa shape index (κ3) is 2.60. The van der Waals surface area contributed by atoms with Gasteiger partial charge in [-0.25, -0.2) is 0 Å². The molecule has 2 rings (SSSR count). The van der Waals surface area contributed by atoms with E-state index in [0.29, 0.717) is 13.2 Å². The van der Waals surface area contributed by atoms with Gasteiger partial charge in [-0.05, 0) is 24.6 Å². The molecule has 0 saturated heterocycles. The van der Waals surface area contributed by atoms with E-state index in [1.807, 2.05) is 43.6 Å². The topological polar surface area (TPSA) is 43.3 Å². The van der Waals surface area contributed by atoms with E-state index in [2.05, 4.69) is 5.32 Å². The zero-order chi connectivity index (χ0) is 13.0. The van der Waals surface area contributed by atoms with E-state index >= 15 is 0 Å². The number of hydrogen-bond acceptors (Lipinski definition) is 3. The van der Waals surface area contributed by atoms with Gasteiger partial charge in [0.25, 0.3) is 5.56 Å². The van der Waals surface area contributed by atoms with E-state index < -0.39 is 0 Å². The first kappa shape index (κ1) is 12.8. The predicted octanol–water partition coefficient (Wildman–Crippen LogP) is 1.24. The maximum absolute atomic E-state index is 12.3. The zero-order valence-electron chi connectivity index (χ0n) is 10.7. The van der Waals surface area contributed by atoms with Gasteiger partial charge in [-0.2, -0.15) is 0 Å². The molecule has 1 N–H and O–H groups in total. The van der Waals surface area contributed by atoms with Gasteiger partial charge < -0.3 is 14.6 Å². The maximum Gasteiger partial charge on any atom is 0.258 e. The minimum Gasteiger partial charge on any atom is -0.383 e. The minimum absolute atomic E-state index is 0.0458. The number of methoxy groups -OCH3 is 1. The number of nitrogens with one attached hydrogen (secondary N) is 1. The Bertz CT molecular complexity index is 577. The summed E-state index contributed by atoms with van der Waals surface area (Å²) in [5, 5.41) is 4.88. The summed E-state index contributed by atoms with van der Waals surface area (Å²) in [6.45, 7) is 1.18. The van der Waals surface area contributed by atoms with Crippen molar-refractivity contribution in [1.82, 2.24) is 9.88 Å². The fourth-order valence-corrected chi connectivity index (χ4v) is 2.04. The van der Waals surface area contributed by atoms with Crippen LogP contribution in [0.2, 0.25) is 0 Å². The van der Waals surface area contributed by atoms with Crippen molar-refractivity contribution in [3.63, 3.8) is 0 Å². The zero-order valence-corrected chi connectivity index (χ0v) is 10.7. The normalized spacial score (nSPS) is 12.8. The Balaban J connectivity index is 2.34. The quantitative estimate of drug-likeness (QED) is 0.863. The van der Waals surface area contributed by atoms with Crippen molar-refractivity contribution in [3.05, 3.63) is 46.9 Å². The smallest absolute Gasteiger partial charge is 0.258 e. The van der Waals surface area contributed by atoms with Crippen LogP contribution in [-0.2, 0) is 11.3 Å².